The van der Waals surface area contributed by atoms with Crippen LogP contribution in [0, 0.1) is 0 Å². The highest BCUT2D eigenvalue weighted by molar-refractivity contribution is 7.91. The zero-order valence-electron chi connectivity index (χ0n) is 8.08. The minimum atomic E-state index is -5.69. The van der Waals surface area contributed by atoms with Gasteiger partial charge in [0.25, 0.3) is 0 Å². The lowest BCUT2D eigenvalue weighted by Crippen LogP contribution is -2.29. The van der Waals surface area contributed by atoms with E-state index in [4.69, 9.17) is 0 Å². The smallest absolute Gasteiger partial charge is 0.518 e. The first kappa shape index (κ1) is 14.2. The van der Waals surface area contributed by atoms with Crippen molar-refractivity contribution in [2.24, 2.45) is 4.40 Å². The molecule has 0 unspecified atom stereocenters. The Labute approximate surface area is 85.3 Å². The fraction of sp³-hybridized carbons (Fsp3) is 0.833. The van der Waals surface area contributed by atoms with Crippen LogP contribution in [-0.2, 0) is 10.0 Å². The van der Waals surface area contributed by atoms with E-state index in [9.17, 15) is 26.7 Å². The first-order valence-electron chi connectivity index (χ1n) is 3.78. The van der Waals surface area contributed by atoms with Crippen LogP contribution in [0.25, 0.3) is 0 Å². The molecule has 0 aliphatic rings. The summed E-state index contributed by atoms with van der Waals surface area (Å²) in [6, 6.07) is 0. The van der Waals surface area contributed by atoms with E-state index in [1.165, 1.54) is 4.90 Å². The first-order valence-corrected chi connectivity index (χ1v) is 5.22. The third kappa shape index (κ3) is 4.98. The van der Waals surface area contributed by atoms with Crippen LogP contribution >= 0.6 is 0 Å². The fourth-order valence-electron chi connectivity index (χ4n) is 0.551. The van der Waals surface area contributed by atoms with Gasteiger partial charge in [0.1, 0.15) is 0 Å². The third-order valence-corrected chi connectivity index (χ3v) is 2.32. The largest absolute Gasteiger partial charge is 0.861 e. The Morgan fingerprint density at radius 1 is 1.40 bits per heavy atom. The summed E-state index contributed by atoms with van der Waals surface area (Å²) in [7, 11) is -2.51. The van der Waals surface area contributed by atoms with Crippen molar-refractivity contribution in [3.8, 4) is 0 Å². The van der Waals surface area contributed by atoms with E-state index >= 15 is 0 Å². The van der Waals surface area contributed by atoms with Gasteiger partial charge in [-0.1, -0.05) is 0 Å². The van der Waals surface area contributed by atoms with Gasteiger partial charge in [0, 0.05) is 6.54 Å². The van der Waals surface area contributed by atoms with Crippen molar-refractivity contribution in [3.05, 3.63) is 0 Å². The predicted molar refractivity (Wildman–Crippen MR) is 45.6 cm³/mol. The molecule has 0 spiro atoms. The molecule has 0 saturated carbocycles. The zero-order valence-corrected chi connectivity index (χ0v) is 8.89. The number of nitrogens with zero attached hydrogens (tertiary/aromatic N) is 2. The van der Waals surface area contributed by atoms with Crippen molar-refractivity contribution in [2.75, 3.05) is 20.6 Å². The van der Waals surface area contributed by atoms with Crippen LogP contribution in [0.1, 0.15) is 6.42 Å². The van der Waals surface area contributed by atoms with Crippen molar-refractivity contribution >= 4 is 15.9 Å². The molecule has 0 heterocycles. The topological polar surface area (TPSA) is 72.8 Å². The molecule has 0 aliphatic carbocycles. The van der Waals surface area contributed by atoms with E-state index in [1.54, 1.807) is 14.1 Å². The summed E-state index contributed by atoms with van der Waals surface area (Å²) in [5.74, 6) is -1.30. The molecule has 0 aromatic rings. The average molecular weight is 247 g/mol. The maximum atomic E-state index is 11.7. The molecule has 0 amide bonds. The Kier molecular flexibility index (Phi) is 4.53. The maximum absolute atomic E-state index is 11.7. The zero-order chi connectivity index (χ0) is 12.3. The summed E-state index contributed by atoms with van der Waals surface area (Å²) >= 11 is 0. The van der Waals surface area contributed by atoms with Crippen LogP contribution in [0.15, 0.2) is 4.40 Å². The van der Waals surface area contributed by atoms with Gasteiger partial charge >= 0.3 is 15.5 Å². The van der Waals surface area contributed by atoms with E-state index in [-0.39, 0.29) is 13.0 Å². The van der Waals surface area contributed by atoms with Crippen LogP contribution < -0.4 is 5.11 Å². The van der Waals surface area contributed by atoms with Crippen LogP contribution in [-0.4, -0.2) is 45.4 Å². The lowest BCUT2D eigenvalue weighted by atomic mass is 10.4. The van der Waals surface area contributed by atoms with E-state index in [2.05, 4.69) is 4.40 Å². The lowest BCUT2D eigenvalue weighted by molar-refractivity contribution is -0.218. The fourth-order valence-corrected chi connectivity index (χ4v) is 1.01. The molecule has 0 saturated heterocycles. The monoisotopic (exact) mass is 247 g/mol. The van der Waals surface area contributed by atoms with Crippen LogP contribution in [0.3, 0.4) is 0 Å². The summed E-state index contributed by atoms with van der Waals surface area (Å²) in [4.78, 5) is 1.52. The summed E-state index contributed by atoms with van der Waals surface area (Å²) < 4.78 is 58.1. The minimum Gasteiger partial charge on any atom is -0.861 e. The maximum Gasteiger partial charge on any atom is 0.518 e. The van der Waals surface area contributed by atoms with Crippen molar-refractivity contribution in [1.29, 1.82) is 0 Å². The molecule has 0 atom stereocenters. The second-order valence-corrected chi connectivity index (χ2v) is 4.55. The molecule has 5 nitrogen and oxygen atoms in total. The van der Waals surface area contributed by atoms with Crippen molar-refractivity contribution in [2.45, 2.75) is 11.9 Å². The SMILES string of the molecule is CN(C)CC/C([O-])=N/S(=O)(=O)C(F)(F)F. The van der Waals surface area contributed by atoms with E-state index < -0.39 is 21.4 Å². The molecule has 15 heavy (non-hydrogen) atoms. The summed E-state index contributed by atoms with van der Waals surface area (Å²) in [5, 5.41) is 10.7. The second kappa shape index (κ2) is 4.79. The highest BCUT2D eigenvalue weighted by Crippen LogP contribution is 2.24. The van der Waals surface area contributed by atoms with Gasteiger partial charge in [0.15, 0.2) is 0 Å². The second-order valence-electron chi connectivity index (χ2n) is 2.96. The molecule has 90 valence electrons. The van der Waals surface area contributed by atoms with Gasteiger partial charge < -0.3 is 10.0 Å². The van der Waals surface area contributed by atoms with Gasteiger partial charge in [-0.15, -0.1) is 0 Å². The molecular weight excluding hydrogens is 237 g/mol. The highest BCUT2D eigenvalue weighted by Gasteiger charge is 2.45. The number of hydrogen-bond acceptors (Lipinski definition) is 4. The number of alkyl halides is 3. The highest BCUT2D eigenvalue weighted by atomic mass is 32.2. The van der Waals surface area contributed by atoms with Gasteiger partial charge in [0.05, 0.1) is 0 Å². The number of rotatable bonds is 4. The molecule has 0 aromatic heterocycles. The van der Waals surface area contributed by atoms with E-state index in [0.717, 1.165) is 0 Å². The van der Waals surface area contributed by atoms with Gasteiger partial charge in [0.2, 0.25) is 0 Å². The average Bonchev–Trinajstić information content (AvgIpc) is 1.97. The van der Waals surface area contributed by atoms with Crippen LogP contribution in [0.2, 0.25) is 0 Å². The quantitative estimate of drug-likeness (QED) is 0.498. The molecule has 0 aromatic carbocycles. The molecule has 0 N–H and O–H groups in total. The molecule has 0 aliphatic heterocycles. The normalized spacial score (nSPS) is 14.7. The Morgan fingerprint density at radius 3 is 2.20 bits per heavy atom. The molecular formula is C6H10F3N2O3S-. The standard InChI is InChI=1S/C6H11F3N2O3S/c1-11(2)4-3-5(12)10-15(13,14)6(7,8)9/h3-4H2,1-2H3,(H,10,12)/p-1. The van der Waals surface area contributed by atoms with Gasteiger partial charge in [-0.3, -0.25) is 0 Å². The van der Waals surface area contributed by atoms with Crippen molar-refractivity contribution in [3.63, 3.8) is 0 Å². The first-order chi connectivity index (χ1) is 6.56. The van der Waals surface area contributed by atoms with Gasteiger partial charge in [-0.05, 0) is 26.4 Å². The summed E-state index contributed by atoms with van der Waals surface area (Å²) in [6.07, 6.45) is -0.373. The summed E-state index contributed by atoms with van der Waals surface area (Å²) in [6.45, 7) is 0.135. The van der Waals surface area contributed by atoms with Gasteiger partial charge in [-0.2, -0.15) is 26.0 Å². The molecule has 0 fully saturated rings. The van der Waals surface area contributed by atoms with Crippen LogP contribution in [0.4, 0.5) is 13.2 Å². The minimum absolute atomic E-state index is 0.135. The Bertz CT molecular complexity index is 334. The molecule has 9 heteroatoms. The number of halogens is 3. The van der Waals surface area contributed by atoms with Gasteiger partial charge in [-0.25, -0.2) is 0 Å². The van der Waals surface area contributed by atoms with Crippen molar-refractivity contribution < 1.29 is 26.7 Å². The summed E-state index contributed by atoms with van der Waals surface area (Å²) in [5.41, 5.74) is -5.51. The molecule has 0 radical (unpaired) electrons. The Hall–Kier alpha value is -0.830. The Morgan fingerprint density at radius 2 is 1.87 bits per heavy atom. The van der Waals surface area contributed by atoms with E-state index in [1.807, 2.05) is 0 Å². The lowest BCUT2D eigenvalue weighted by Gasteiger charge is -2.14. The van der Waals surface area contributed by atoms with Crippen LogP contribution in [0.5, 0.6) is 0 Å². The third-order valence-electron chi connectivity index (χ3n) is 1.29. The number of sulfonamides is 1. The molecule has 0 bridgehead atoms. The van der Waals surface area contributed by atoms with Crippen molar-refractivity contribution in [1.82, 2.24) is 4.90 Å². The van der Waals surface area contributed by atoms with E-state index in [0.29, 0.717) is 0 Å². The molecule has 0 rings (SSSR count). The Balaban J connectivity index is 4.63. The number of hydrogen-bond donors (Lipinski definition) is 0. The predicted octanol–water partition coefficient (Wildman–Crippen LogP) is -0.454.